The van der Waals surface area contributed by atoms with Gasteiger partial charge in [-0.25, -0.2) is 4.31 Å². The quantitative estimate of drug-likeness (QED) is 0.760. The van der Waals surface area contributed by atoms with E-state index in [2.05, 4.69) is 27.5 Å². The minimum Gasteiger partial charge on any atom is -0.298 e. The first kappa shape index (κ1) is 10.7. The van der Waals surface area contributed by atoms with E-state index in [0.29, 0.717) is 18.7 Å². The summed E-state index contributed by atoms with van der Waals surface area (Å²) in [5, 5.41) is 2.34. The zero-order valence-corrected chi connectivity index (χ0v) is 10.1. The zero-order chi connectivity index (χ0) is 11.7. The maximum absolute atomic E-state index is 11.2. The van der Waals surface area contributed by atoms with Crippen LogP contribution >= 0.6 is 11.9 Å². The molecule has 1 aromatic carbocycles. The molecule has 1 saturated heterocycles. The van der Waals surface area contributed by atoms with E-state index in [1.54, 1.807) is 18.1 Å². The third-order valence-electron chi connectivity index (χ3n) is 2.84. The standard InChI is InChI=1S/C13H12N2OS/c16-12-4-6-15(9-12)17-13-2-1-11-8-14-5-3-10(11)7-13/h1-3,5,7-8H,4,6,9H2. The summed E-state index contributed by atoms with van der Waals surface area (Å²) < 4.78 is 2.12. The van der Waals surface area contributed by atoms with Gasteiger partial charge in [-0.15, -0.1) is 0 Å². The van der Waals surface area contributed by atoms with E-state index in [4.69, 9.17) is 0 Å². The topological polar surface area (TPSA) is 33.2 Å². The third kappa shape index (κ3) is 2.33. The number of nitrogens with zero attached hydrogens (tertiary/aromatic N) is 2. The number of carbonyl (C=O) groups excluding carboxylic acids is 1. The highest BCUT2D eigenvalue weighted by Gasteiger charge is 2.19. The molecule has 0 unspecified atom stereocenters. The van der Waals surface area contributed by atoms with Crippen molar-refractivity contribution in [1.29, 1.82) is 0 Å². The average Bonchev–Trinajstić information content (AvgIpc) is 2.75. The fraction of sp³-hybridized carbons (Fsp3) is 0.231. The summed E-state index contributed by atoms with van der Waals surface area (Å²) in [5.41, 5.74) is 0. The van der Waals surface area contributed by atoms with E-state index >= 15 is 0 Å². The van der Waals surface area contributed by atoms with Gasteiger partial charge < -0.3 is 0 Å². The number of pyridine rings is 1. The summed E-state index contributed by atoms with van der Waals surface area (Å²) in [6.07, 6.45) is 4.35. The van der Waals surface area contributed by atoms with Crippen LogP contribution in [0.2, 0.25) is 0 Å². The zero-order valence-electron chi connectivity index (χ0n) is 9.30. The fourth-order valence-corrected chi connectivity index (χ4v) is 2.95. The Bertz CT molecular complexity index is 570. The average molecular weight is 244 g/mol. The first-order chi connectivity index (χ1) is 8.31. The molecule has 1 aromatic heterocycles. The highest BCUT2D eigenvalue weighted by Crippen LogP contribution is 2.28. The number of Topliss-reactive ketones (excluding diaryl/α,β-unsaturated/α-hetero) is 1. The maximum Gasteiger partial charge on any atom is 0.149 e. The molecule has 0 spiro atoms. The predicted octanol–water partition coefficient (Wildman–Crippen LogP) is 2.52. The van der Waals surface area contributed by atoms with E-state index in [-0.39, 0.29) is 0 Å². The first-order valence-electron chi connectivity index (χ1n) is 5.60. The normalized spacial score (nSPS) is 16.8. The predicted molar refractivity (Wildman–Crippen MR) is 68.8 cm³/mol. The van der Waals surface area contributed by atoms with Crippen LogP contribution in [0.3, 0.4) is 0 Å². The van der Waals surface area contributed by atoms with Crippen molar-refractivity contribution in [3.8, 4) is 0 Å². The summed E-state index contributed by atoms with van der Waals surface area (Å²) >= 11 is 1.66. The molecule has 1 aliphatic rings. The van der Waals surface area contributed by atoms with E-state index in [1.807, 2.05) is 12.3 Å². The molecule has 0 aliphatic carbocycles. The summed E-state index contributed by atoms with van der Waals surface area (Å²) in [4.78, 5) is 16.5. The molecular weight excluding hydrogens is 232 g/mol. The van der Waals surface area contributed by atoms with Gasteiger partial charge in [0, 0.05) is 35.6 Å². The molecule has 2 aromatic rings. The minimum absolute atomic E-state index is 0.336. The van der Waals surface area contributed by atoms with Gasteiger partial charge in [-0.05, 0) is 35.5 Å². The number of hydrogen-bond acceptors (Lipinski definition) is 4. The van der Waals surface area contributed by atoms with Crippen LogP contribution in [-0.2, 0) is 4.79 Å². The van der Waals surface area contributed by atoms with Crippen LogP contribution in [0.5, 0.6) is 0 Å². The van der Waals surface area contributed by atoms with Crippen LogP contribution in [0, 0.1) is 0 Å². The molecule has 0 atom stereocenters. The smallest absolute Gasteiger partial charge is 0.149 e. The molecule has 0 N–H and O–H groups in total. The van der Waals surface area contributed by atoms with Crippen LogP contribution in [0.4, 0.5) is 0 Å². The van der Waals surface area contributed by atoms with Crippen LogP contribution < -0.4 is 0 Å². The molecule has 0 saturated carbocycles. The van der Waals surface area contributed by atoms with Gasteiger partial charge in [-0.2, -0.15) is 0 Å². The second kappa shape index (κ2) is 4.47. The number of ketones is 1. The second-order valence-electron chi connectivity index (χ2n) is 4.13. The van der Waals surface area contributed by atoms with Gasteiger partial charge in [0.2, 0.25) is 0 Å². The molecule has 1 aliphatic heterocycles. The van der Waals surface area contributed by atoms with Crippen molar-refractivity contribution in [1.82, 2.24) is 9.29 Å². The van der Waals surface area contributed by atoms with Gasteiger partial charge in [0.05, 0.1) is 6.54 Å². The van der Waals surface area contributed by atoms with Crippen molar-refractivity contribution in [3.63, 3.8) is 0 Å². The van der Waals surface area contributed by atoms with Crippen LogP contribution in [-0.4, -0.2) is 28.2 Å². The lowest BCUT2D eigenvalue weighted by Gasteiger charge is -2.12. The van der Waals surface area contributed by atoms with Gasteiger partial charge in [-0.1, -0.05) is 6.07 Å². The number of benzene rings is 1. The molecule has 3 nitrogen and oxygen atoms in total. The van der Waals surface area contributed by atoms with Crippen molar-refractivity contribution in [2.75, 3.05) is 13.1 Å². The van der Waals surface area contributed by atoms with Crippen molar-refractivity contribution < 1.29 is 4.79 Å². The first-order valence-corrected chi connectivity index (χ1v) is 6.37. The molecule has 0 amide bonds. The molecule has 0 bridgehead atoms. The molecule has 4 heteroatoms. The Kier molecular flexibility index (Phi) is 2.82. The van der Waals surface area contributed by atoms with Crippen LogP contribution in [0.15, 0.2) is 41.6 Å². The highest BCUT2D eigenvalue weighted by atomic mass is 32.2. The van der Waals surface area contributed by atoms with Crippen LogP contribution in [0.25, 0.3) is 10.8 Å². The van der Waals surface area contributed by atoms with Gasteiger partial charge in [0.25, 0.3) is 0 Å². The van der Waals surface area contributed by atoms with Gasteiger partial charge in [0.15, 0.2) is 0 Å². The molecule has 3 rings (SSSR count). The Balaban J connectivity index is 1.83. The fourth-order valence-electron chi connectivity index (χ4n) is 1.95. The second-order valence-corrected chi connectivity index (χ2v) is 5.30. The maximum atomic E-state index is 11.2. The summed E-state index contributed by atoms with van der Waals surface area (Å²) in [6.45, 7) is 1.43. The number of carbonyl (C=O) groups is 1. The van der Waals surface area contributed by atoms with E-state index in [9.17, 15) is 4.79 Å². The van der Waals surface area contributed by atoms with Gasteiger partial charge >= 0.3 is 0 Å². The monoisotopic (exact) mass is 244 g/mol. The van der Waals surface area contributed by atoms with Crippen molar-refractivity contribution in [2.45, 2.75) is 11.3 Å². The van der Waals surface area contributed by atoms with Crippen molar-refractivity contribution >= 4 is 28.5 Å². The van der Waals surface area contributed by atoms with E-state index in [1.165, 1.54) is 10.3 Å². The Morgan fingerprint density at radius 2 is 2.18 bits per heavy atom. The SMILES string of the molecule is O=C1CCN(Sc2ccc3cnccc3c2)C1. The highest BCUT2D eigenvalue weighted by molar-refractivity contribution is 7.97. The van der Waals surface area contributed by atoms with E-state index < -0.39 is 0 Å². The number of fused-ring (bicyclic) bond motifs is 1. The molecule has 2 heterocycles. The molecule has 86 valence electrons. The van der Waals surface area contributed by atoms with Crippen molar-refractivity contribution in [3.05, 3.63) is 36.7 Å². The van der Waals surface area contributed by atoms with Crippen LogP contribution in [0.1, 0.15) is 6.42 Å². The number of aromatic nitrogens is 1. The summed E-state index contributed by atoms with van der Waals surface area (Å²) in [6, 6.07) is 8.30. The third-order valence-corrected chi connectivity index (χ3v) is 3.87. The Labute approximate surface area is 104 Å². The lowest BCUT2D eigenvalue weighted by Crippen LogP contribution is -2.11. The molecule has 0 radical (unpaired) electrons. The lowest BCUT2D eigenvalue weighted by molar-refractivity contribution is -0.116. The summed E-state index contributed by atoms with van der Waals surface area (Å²) in [5.74, 6) is 0.336. The van der Waals surface area contributed by atoms with E-state index in [0.717, 1.165) is 11.9 Å². The van der Waals surface area contributed by atoms with Gasteiger partial charge in [0.1, 0.15) is 5.78 Å². The lowest BCUT2D eigenvalue weighted by atomic mass is 10.2. The Morgan fingerprint density at radius 3 is 3.00 bits per heavy atom. The van der Waals surface area contributed by atoms with Crippen molar-refractivity contribution in [2.24, 2.45) is 0 Å². The Morgan fingerprint density at radius 1 is 1.24 bits per heavy atom. The largest absolute Gasteiger partial charge is 0.298 e. The molecule has 17 heavy (non-hydrogen) atoms. The minimum atomic E-state index is 0.336. The molecule has 1 fully saturated rings. The Hall–Kier alpha value is -1.39. The summed E-state index contributed by atoms with van der Waals surface area (Å²) in [7, 11) is 0. The number of rotatable bonds is 2. The molecular formula is C13H12N2OS. The van der Waals surface area contributed by atoms with Gasteiger partial charge in [-0.3, -0.25) is 9.78 Å². The number of hydrogen-bond donors (Lipinski definition) is 0.